The molecule has 0 saturated carbocycles. The van der Waals surface area contributed by atoms with Gasteiger partial charge in [0.1, 0.15) is 0 Å². The van der Waals surface area contributed by atoms with E-state index in [4.69, 9.17) is 0 Å². The maximum absolute atomic E-state index is 12.0. The minimum atomic E-state index is -0.290. The lowest BCUT2D eigenvalue weighted by Gasteiger charge is -2.19. The third-order valence-corrected chi connectivity index (χ3v) is 3.54. The molecule has 1 aliphatic carbocycles. The Hall–Kier alpha value is -2.69. The van der Waals surface area contributed by atoms with Crippen LogP contribution in [-0.2, 0) is 14.4 Å². The number of imide groups is 1. The molecule has 1 N–H and O–H groups in total. The zero-order valence-electron chi connectivity index (χ0n) is 11.3. The predicted molar refractivity (Wildman–Crippen MR) is 77.8 cm³/mol. The molecule has 3 rings (SSSR count). The molecule has 106 valence electrons. The number of hydrogen-bond donors (Lipinski definition) is 1. The van der Waals surface area contributed by atoms with Crippen LogP contribution in [0.5, 0.6) is 0 Å². The van der Waals surface area contributed by atoms with Crippen LogP contribution < -0.4 is 5.32 Å². The molecule has 0 spiro atoms. The van der Waals surface area contributed by atoms with Crippen molar-refractivity contribution in [3.8, 4) is 0 Å². The SMILES string of the molecule is O=C(NCCCN1C(=O)C=CC1=O)C1=Cc2ccccc21. The first-order chi connectivity index (χ1) is 10.2. The highest BCUT2D eigenvalue weighted by molar-refractivity contribution is 6.29. The van der Waals surface area contributed by atoms with Gasteiger partial charge in [-0.25, -0.2) is 0 Å². The second-order valence-electron chi connectivity index (χ2n) is 4.92. The van der Waals surface area contributed by atoms with Crippen molar-refractivity contribution in [1.82, 2.24) is 10.2 Å². The summed E-state index contributed by atoms with van der Waals surface area (Å²) in [5, 5.41) is 2.80. The Morgan fingerprint density at radius 2 is 1.81 bits per heavy atom. The molecule has 0 fully saturated rings. The summed E-state index contributed by atoms with van der Waals surface area (Å²) in [6, 6.07) is 7.71. The van der Waals surface area contributed by atoms with Crippen molar-refractivity contribution >= 4 is 29.4 Å². The first-order valence-electron chi connectivity index (χ1n) is 6.79. The Kier molecular flexibility index (Phi) is 3.39. The van der Waals surface area contributed by atoms with Crippen molar-refractivity contribution in [2.24, 2.45) is 0 Å². The van der Waals surface area contributed by atoms with Crippen molar-refractivity contribution in [3.05, 3.63) is 47.5 Å². The topological polar surface area (TPSA) is 66.5 Å². The second-order valence-corrected chi connectivity index (χ2v) is 4.92. The number of fused-ring (bicyclic) bond motifs is 1. The van der Waals surface area contributed by atoms with E-state index in [2.05, 4.69) is 5.32 Å². The van der Waals surface area contributed by atoms with Gasteiger partial charge in [-0.3, -0.25) is 19.3 Å². The van der Waals surface area contributed by atoms with Crippen LogP contribution in [-0.4, -0.2) is 35.7 Å². The summed E-state index contributed by atoms with van der Waals surface area (Å²) in [5.74, 6) is -0.699. The third-order valence-electron chi connectivity index (χ3n) is 3.54. The molecule has 0 radical (unpaired) electrons. The van der Waals surface area contributed by atoms with Gasteiger partial charge in [-0.05, 0) is 23.6 Å². The van der Waals surface area contributed by atoms with E-state index in [0.29, 0.717) is 25.1 Å². The molecule has 5 nitrogen and oxygen atoms in total. The van der Waals surface area contributed by atoms with E-state index in [1.165, 1.54) is 17.1 Å². The molecule has 2 aliphatic rings. The van der Waals surface area contributed by atoms with E-state index >= 15 is 0 Å². The molecule has 5 heteroatoms. The van der Waals surface area contributed by atoms with Gasteiger partial charge < -0.3 is 5.32 Å². The highest BCUT2D eigenvalue weighted by Gasteiger charge is 2.23. The van der Waals surface area contributed by atoms with E-state index < -0.39 is 0 Å². The van der Waals surface area contributed by atoms with Crippen molar-refractivity contribution in [3.63, 3.8) is 0 Å². The number of rotatable bonds is 5. The number of carbonyl (C=O) groups is 3. The molecular weight excluding hydrogens is 268 g/mol. The van der Waals surface area contributed by atoms with Gasteiger partial charge in [-0.1, -0.05) is 24.3 Å². The van der Waals surface area contributed by atoms with Gasteiger partial charge in [0.2, 0.25) is 0 Å². The van der Waals surface area contributed by atoms with Gasteiger partial charge in [-0.15, -0.1) is 0 Å². The maximum Gasteiger partial charge on any atom is 0.253 e. The Balaban J connectivity index is 1.44. The Morgan fingerprint density at radius 1 is 1.10 bits per heavy atom. The number of nitrogens with zero attached hydrogens (tertiary/aromatic N) is 1. The number of nitrogens with one attached hydrogen (secondary N) is 1. The molecular formula is C16H14N2O3. The molecule has 0 bridgehead atoms. The Morgan fingerprint density at radius 3 is 2.52 bits per heavy atom. The zero-order chi connectivity index (χ0) is 14.8. The summed E-state index contributed by atoms with van der Waals surface area (Å²) in [6.45, 7) is 0.746. The summed E-state index contributed by atoms with van der Waals surface area (Å²) in [7, 11) is 0. The molecule has 1 aromatic rings. The molecule has 0 aromatic heterocycles. The van der Waals surface area contributed by atoms with Crippen LogP contribution in [0.3, 0.4) is 0 Å². The number of benzene rings is 1. The zero-order valence-corrected chi connectivity index (χ0v) is 11.3. The molecule has 0 atom stereocenters. The van der Waals surface area contributed by atoms with Gasteiger partial charge in [0.05, 0.1) is 0 Å². The normalized spacial score (nSPS) is 15.6. The van der Waals surface area contributed by atoms with E-state index in [9.17, 15) is 14.4 Å². The summed E-state index contributed by atoms with van der Waals surface area (Å²) >= 11 is 0. The van der Waals surface area contributed by atoms with Crippen molar-refractivity contribution in [2.75, 3.05) is 13.1 Å². The van der Waals surface area contributed by atoms with Gasteiger partial charge >= 0.3 is 0 Å². The van der Waals surface area contributed by atoms with Crippen molar-refractivity contribution in [2.45, 2.75) is 6.42 Å². The van der Waals surface area contributed by atoms with Gasteiger partial charge in [-0.2, -0.15) is 0 Å². The summed E-state index contributed by atoms with van der Waals surface area (Å²) < 4.78 is 0. The quantitative estimate of drug-likeness (QED) is 0.646. The minimum absolute atomic E-state index is 0.120. The van der Waals surface area contributed by atoms with Crippen LogP contribution in [0.1, 0.15) is 17.5 Å². The Bertz CT molecular complexity index is 671. The number of amides is 3. The van der Waals surface area contributed by atoms with E-state index in [0.717, 1.165) is 11.1 Å². The monoisotopic (exact) mass is 282 g/mol. The van der Waals surface area contributed by atoms with E-state index in [1.807, 2.05) is 30.3 Å². The molecule has 1 aromatic carbocycles. The maximum atomic E-state index is 12.0. The van der Waals surface area contributed by atoms with Crippen LogP contribution in [0.4, 0.5) is 0 Å². The van der Waals surface area contributed by atoms with Crippen LogP contribution in [0, 0.1) is 0 Å². The lowest BCUT2D eigenvalue weighted by molar-refractivity contribution is -0.136. The molecule has 21 heavy (non-hydrogen) atoms. The molecule has 1 aliphatic heterocycles. The average Bonchev–Trinajstić information content (AvgIpc) is 2.76. The standard InChI is InChI=1S/C16H14N2O3/c19-14-6-7-15(20)18(14)9-3-8-17-16(21)13-10-11-4-1-2-5-12(11)13/h1-2,4-7,10H,3,8-9H2,(H,17,21). The smallest absolute Gasteiger partial charge is 0.253 e. The van der Waals surface area contributed by atoms with Crippen LogP contribution in [0.15, 0.2) is 36.4 Å². The highest BCUT2D eigenvalue weighted by Crippen LogP contribution is 2.31. The van der Waals surface area contributed by atoms with Crippen molar-refractivity contribution in [1.29, 1.82) is 0 Å². The largest absolute Gasteiger partial charge is 0.352 e. The fraction of sp³-hybridized carbons (Fsp3) is 0.188. The van der Waals surface area contributed by atoms with Crippen molar-refractivity contribution < 1.29 is 14.4 Å². The van der Waals surface area contributed by atoms with Crippen LogP contribution >= 0.6 is 0 Å². The van der Waals surface area contributed by atoms with Gasteiger partial charge in [0, 0.05) is 30.8 Å². The molecule has 0 unspecified atom stereocenters. The molecule has 0 saturated heterocycles. The molecule has 1 heterocycles. The first kappa shape index (κ1) is 13.3. The third kappa shape index (κ3) is 2.50. The fourth-order valence-corrected chi connectivity index (χ4v) is 2.40. The fourth-order valence-electron chi connectivity index (χ4n) is 2.40. The predicted octanol–water partition coefficient (Wildman–Crippen LogP) is 0.972. The average molecular weight is 282 g/mol. The molecule has 3 amide bonds. The minimum Gasteiger partial charge on any atom is -0.352 e. The van der Waals surface area contributed by atoms with Gasteiger partial charge in [0.15, 0.2) is 0 Å². The number of carbonyl (C=O) groups excluding carboxylic acids is 3. The second kappa shape index (κ2) is 5.36. The van der Waals surface area contributed by atoms with Crippen LogP contribution in [0.25, 0.3) is 11.6 Å². The van der Waals surface area contributed by atoms with E-state index in [1.54, 1.807) is 0 Å². The first-order valence-corrected chi connectivity index (χ1v) is 6.79. The summed E-state index contributed by atoms with van der Waals surface area (Å²) in [6.07, 6.45) is 4.91. The highest BCUT2D eigenvalue weighted by atomic mass is 16.2. The van der Waals surface area contributed by atoms with Gasteiger partial charge in [0.25, 0.3) is 17.7 Å². The summed E-state index contributed by atoms with van der Waals surface area (Å²) in [5.41, 5.74) is 2.71. The number of hydrogen-bond acceptors (Lipinski definition) is 3. The summed E-state index contributed by atoms with van der Waals surface area (Å²) in [4.78, 5) is 35.8. The lowest BCUT2D eigenvalue weighted by atomic mass is 9.88. The lowest BCUT2D eigenvalue weighted by Crippen LogP contribution is -2.34. The van der Waals surface area contributed by atoms with E-state index in [-0.39, 0.29) is 17.7 Å². The Labute approximate surface area is 121 Å². The van der Waals surface area contributed by atoms with Crippen LogP contribution in [0.2, 0.25) is 0 Å².